The average Bonchev–Trinajstić information content (AvgIpc) is 3.19. The highest BCUT2D eigenvalue weighted by atomic mass is 16.5. The number of hydrogen-bond donors (Lipinski definition) is 0. The summed E-state index contributed by atoms with van der Waals surface area (Å²) in [4.78, 5) is 29.0. The van der Waals surface area contributed by atoms with Gasteiger partial charge in [-0.15, -0.1) is 0 Å². The number of rotatable bonds is 3. The summed E-state index contributed by atoms with van der Waals surface area (Å²) in [6.07, 6.45) is 5.96. The van der Waals surface area contributed by atoms with E-state index in [0.29, 0.717) is 6.42 Å². The van der Waals surface area contributed by atoms with Crippen molar-refractivity contribution in [1.82, 2.24) is 9.80 Å². The van der Waals surface area contributed by atoms with Gasteiger partial charge in [0.1, 0.15) is 0 Å². The maximum Gasteiger partial charge on any atom is 0.253 e. The van der Waals surface area contributed by atoms with Gasteiger partial charge in [0.05, 0.1) is 6.10 Å². The Morgan fingerprint density at radius 3 is 2.62 bits per heavy atom. The first kappa shape index (κ1) is 17.5. The molecule has 1 aromatic carbocycles. The summed E-state index contributed by atoms with van der Waals surface area (Å²) in [7, 11) is 0. The van der Waals surface area contributed by atoms with Gasteiger partial charge in [-0.1, -0.05) is 18.2 Å². The average molecular weight is 356 g/mol. The van der Waals surface area contributed by atoms with Crippen molar-refractivity contribution in [1.29, 1.82) is 0 Å². The van der Waals surface area contributed by atoms with Crippen molar-refractivity contribution < 1.29 is 14.3 Å². The molecule has 0 N–H and O–H groups in total. The third-order valence-corrected chi connectivity index (χ3v) is 6.33. The number of carbonyl (C=O) groups is 2. The van der Waals surface area contributed by atoms with Crippen LogP contribution in [0.4, 0.5) is 0 Å². The van der Waals surface area contributed by atoms with Crippen molar-refractivity contribution in [2.45, 2.75) is 44.6 Å². The first-order valence-electron chi connectivity index (χ1n) is 9.89. The number of amides is 2. The first-order valence-corrected chi connectivity index (χ1v) is 9.89. The van der Waals surface area contributed by atoms with E-state index in [1.165, 1.54) is 0 Å². The minimum Gasteiger partial charge on any atom is -0.376 e. The van der Waals surface area contributed by atoms with E-state index in [1.54, 1.807) is 0 Å². The molecule has 1 spiro atoms. The van der Waals surface area contributed by atoms with Crippen LogP contribution in [0.15, 0.2) is 30.3 Å². The van der Waals surface area contributed by atoms with Crippen LogP contribution < -0.4 is 0 Å². The summed E-state index contributed by atoms with van der Waals surface area (Å²) >= 11 is 0. The molecular formula is C21H28N2O3. The fraction of sp³-hybridized carbons (Fsp3) is 0.619. The van der Waals surface area contributed by atoms with E-state index in [9.17, 15) is 9.59 Å². The van der Waals surface area contributed by atoms with Crippen LogP contribution in [0.2, 0.25) is 0 Å². The minimum atomic E-state index is 0.128. The Bertz CT molecular complexity index is 646. The number of ether oxygens (including phenoxy) is 1. The van der Waals surface area contributed by atoms with Crippen molar-refractivity contribution >= 4 is 11.8 Å². The molecule has 3 heterocycles. The molecule has 3 aliphatic heterocycles. The fourth-order valence-electron chi connectivity index (χ4n) is 4.66. The second kappa shape index (κ2) is 7.39. The fourth-order valence-corrected chi connectivity index (χ4v) is 4.66. The molecule has 1 atom stereocenters. The lowest BCUT2D eigenvalue weighted by atomic mass is 9.72. The second-order valence-electron chi connectivity index (χ2n) is 8.07. The quantitative estimate of drug-likeness (QED) is 0.837. The molecule has 0 saturated carbocycles. The number of hydrogen-bond acceptors (Lipinski definition) is 3. The van der Waals surface area contributed by atoms with E-state index < -0.39 is 0 Å². The number of benzene rings is 1. The molecule has 140 valence electrons. The third kappa shape index (κ3) is 3.63. The molecule has 3 aliphatic rings. The van der Waals surface area contributed by atoms with Crippen molar-refractivity contribution in [3.63, 3.8) is 0 Å². The molecule has 0 bridgehead atoms. The summed E-state index contributed by atoms with van der Waals surface area (Å²) < 4.78 is 5.73. The van der Waals surface area contributed by atoms with Gasteiger partial charge in [0.25, 0.3) is 5.91 Å². The van der Waals surface area contributed by atoms with Gasteiger partial charge in [0.2, 0.25) is 5.91 Å². The van der Waals surface area contributed by atoms with Gasteiger partial charge in [0.15, 0.2) is 0 Å². The topological polar surface area (TPSA) is 49.9 Å². The van der Waals surface area contributed by atoms with Crippen LogP contribution in [-0.4, -0.2) is 60.5 Å². The molecule has 3 fully saturated rings. The monoisotopic (exact) mass is 356 g/mol. The smallest absolute Gasteiger partial charge is 0.253 e. The van der Waals surface area contributed by atoms with Crippen molar-refractivity contribution in [3.05, 3.63) is 35.9 Å². The second-order valence-corrected chi connectivity index (χ2v) is 8.07. The van der Waals surface area contributed by atoms with E-state index in [1.807, 2.05) is 40.1 Å². The molecule has 0 unspecified atom stereocenters. The number of carbonyl (C=O) groups excluding carboxylic acids is 2. The summed E-state index contributed by atoms with van der Waals surface area (Å²) in [6, 6.07) is 9.52. The number of nitrogens with zero attached hydrogens (tertiary/aromatic N) is 2. The zero-order valence-corrected chi connectivity index (χ0v) is 15.4. The van der Waals surface area contributed by atoms with Crippen LogP contribution in [0.25, 0.3) is 0 Å². The van der Waals surface area contributed by atoms with Crippen LogP contribution in [0.3, 0.4) is 0 Å². The maximum absolute atomic E-state index is 12.7. The van der Waals surface area contributed by atoms with Crippen LogP contribution in [0.5, 0.6) is 0 Å². The standard InChI is InChI=1S/C21H28N2O3/c24-19-8-9-21(16-23(19)15-18-7-4-14-26-18)10-12-22(13-11-21)20(25)17-5-2-1-3-6-17/h1-3,5-6,18H,4,7-16H2/t18-/m0/s1. The zero-order chi connectivity index (χ0) is 18.0. The Morgan fingerprint density at radius 1 is 1.15 bits per heavy atom. The molecule has 1 aromatic rings. The van der Waals surface area contributed by atoms with Gasteiger partial charge in [-0.2, -0.15) is 0 Å². The molecule has 5 heteroatoms. The van der Waals surface area contributed by atoms with Crippen LogP contribution in [-0.2, 0) is 9.53 Å². The SMILES string of the molecule is O=C1CCC2(CCN(C(=O)c3ccccc3)CC2)CN1C[C@@H]1CCCO1. The highest BCUT2D eigenvalue weighted by molar-refractivity contribution is 5.94. The molecule has 0 aliphatic carbocycles. The van der Waals surface area contributed by atoms with Gasteiger partial charge in [-0.25, -0.2) is 0 Å². The van der Waals surface area contributed by atoms with Gasteiger partial charge < -0.3 is 14.5 Å². The summed E-state index contributed by atoms with van der Waals surface area (Å²) in [5.41, 5.74) is 0.947. The first-order chi connectivity index (χ1) is 12.7. The van der Waals surface area contributed by atoms with Gasteiger partial charge in [-0.05, 0) is 49.7 Å². The van der Waals surface area contributed by atoms with E-state index in [-0.39, 0.29) is 23.3 Å². The summed E-state index contributed by atoms with van der Waals surface area (Å²) in [5.74, 6) is 0.400. The van der Waals surface area contributed by atoms with E-state index in [0.717, 1.165) is 70.5 Å². The highest BCUT2D eigenvalue weighted by Crippen LogP contribution is 2.40. The lowest BCUT2D eigenvalue weighted by Gasteiger charge is -2.47. The molecule has 5 nitrogen and oxygen atoms in total. The third-order valence-electron chi connectivity index (χ3n) is 6.33. The Hall–Kier alpha value is -1.88. The van der Waals surface area contributed by atoms with E-state index in [4.69, 9.17) is 4.74 Å². The zero-order valence-electron chi connectivity index (χ0n) is 15.4. The molecule has 2 amide bonds. The van der Waals surface area contributed by atoms with Crippen LogP contribution >= 0.6 is 0 Å². The Kier molecular flexibility index (Phi) is 4.98. The molecule has 0 radical (unpaired) electrons. The molecule has 26 heavy (non-hydrogen) atoms. The Balaban J connectivity index is 1.36. The highest BCUT2D eigenvalue weighted by Gasteiger charge is 2.42. The Labute approximate surface area is 155 Å². The lowest BCUT2D eigenvalue weighted by Crippen LogP contribution is -2.53. The van der Waals surface area contributed by atoms with E-state index >= 15 is 0 Å². The van der Waals surface area contributed by atoms with Gasteiger partial charge in [0, 0.05) is 44.8 Å². The largest absolute Gasteiger partial charge is 0.376 e. The van der Waals surface area contributed by atoms with Crippen molar-refractivity contribution in [2.24, 2.45) is 5.41 Å². The number of likely N-dealkylation sites (tertiary alicyclic amines) is 2. The molecular weight excluding hydrogens is 328 g/mol. The predicted octanol–water partition coefficient (Wildman–Crippen LogP) is 2.71. The Morgan fingerprint density at radius 2 is 1.92 bits per heavy atom. The normalized spacial score (nSPS) is 25.7. The molecule has 0 aromatic heterocycles. The predicted molar refractivity (Wildman–Crippen MR) is 98.8 cm³/mol. The number of piperidine rings is 2. The van der Waals surface area contributed by atoms with Crippen molar-refractivity contribution in [3.8, 4) is 0 Å². The maximum atomic E-state index is 12.7. The molecule has 4 rings (SSSR count). The van der Waals surface area contributed by atoms with Crippen LogP contribution in [0, 0.1) is 5.41 Å². The van der Waals surface area contributed by atoms with Gasteiger partial charge >= 0.3 is 0 Å². The summed E-state index contributed by atoms with van der Waals surface area (Å²) in [6.45, 7) is 3.98. The van der Waals surface area contributed by atoms with E-state index in [2.05, 4.69) is 0 Å². The van der Waals surface area contributed by atoms with Crippen molar-refractivity contribution in [2.75, 3.05) is 32.8 Å². The van der Waals surface area contributed by atoms with Crippen LogP contribution in [0.1, 0.15) is 48.9 Å². The molecule has 3 saturated heterocycles. The lowest BCUT2D eigenvalue weighted by molar-refractivity contribution is -0.141. The summed E-state index contributed by atoms with van der Waals surface area (Å²) in [5, 5.41) is 0. The van der Waals surface area contributed by atoms with Gasteiger partial charge in [-0.3, -0.25) is 9.59 Å². The minimum absolute atomic E-state index is 0.128.